The van der Waals surface area contributed by atoms with Gasteiger partial charge in [-0.05, 0) is 49.6 Å². The molecule has 0 saturated heterocycles. The van der Waals surface area contributed by atoms with Gasteiger partial charge in [0.1, 0.15) is 5.75 Å². The van der Waals surface area contributed by atoms with Crippen LogP contribution in [0.2, 0.25) is 0 Å². The van der Waals surface area contributed by atoms with Gasteiger partial charge >= 0.3 is 6.03 Å². The lowest BCUT2D eigenvalue weighted by molar-refractivity contribution is 0.252. The van der Waals surface area contributed by atoms with E-state index >= 15 is 0 Å². The summed E-state index contributed by atoms with van der Waals surface area (Å²) < 4.78 is 8.02. The molecule has 0 saturated carbocycles. The molecule has 0 radical (unpaired) electrons. The zero-order valence-electron chi connectivity index (χ0n) is 20.5. The third-order valence-electron chi connectivity index (χ3n) is 6.08. The number of nitrogens with zero attached hydrogens (tertiary/aromatic N) is 1. The maximum atomic E-state index is 12.3. The second kappa shape index (κ2) is 11.5. The summed E-state index contributed by atoms with van der Waals surface area (Å²) >= 11 is 0. The van der Waals surface area contributed by atoms with Crippen LogP contribution >= 0.6 is 0 Å². The van der Waals surface area contributed by atoms with Gasteiger partial charge in [-0.25, -0.2) is 4.79 Å². The maximum absolute atomic E-state index is 12.3. The quantitative estimate of drug-likeness (QED) is 0.249. The van der Waals surface area contributed by atoms with Crippen LogP contribution in [0.5, 0.6) is 5.75 Å². The first-order valence-corrected chi connectivity index (χ1v) is 12.3. The first kappa shape index (κ1) is 24.2. The predicted octanol–water partition coefficient (Wildman–Crippen LogP) is 6.45. The van der Waals surface area contributed by atoms with Crippen LogP contribution in [-0.2, 0) is 13.0 Å². The molecule has 0 aliphatic carbocycles. The molecule has 4 N–H and O–H groups in total. The number of aryl methyl sites for hydroxylation is 1. The molecule has 182 valence electrons. The first-order valence-electron chi connectivity index (χ1n) is 12.3. The lowest BCUT2D eigenvalue weighted by Gasteiger charge is -2.13. The van der Waals surface area contributed by atoms with Crippen molar-refractivity contribution in [1.29, 1.82) is 0 Å². The number of amides is 2. The SMILES string of the molecule is CCCCn1c(-c2ccc(NC(=O)NCCc3ccccc3)cc2)c(N)c2ccc(OCC)cc21. The Morgan fingerprint density at radius 3 is 2.49 bits per heavy atom. The number of anilines is 2. The molecule has 4 aromatic rings. The Balaban J connectivity index is 1.50. The number of nitrogens with one attached hydrogen (secondary N) is 2. The van der Waals surface area contributed by atoms with E-state index in [1.54, 1.807) is 0 Å². The summed E-state index contributed by atoms with van der Waals surface area (Å²) in [7, 11) is 0. The van der Waals surface area contributed by atoms with Crippen LogP contribution in [-0.4, -0.2) is 23.7 Å². The van der Waals surface area contributed by atoms with E-state index in [9.17, 15) is 4.79 Å². The van der Waals surface area contributed by atoms with Gasteiger partial charge in [0.05, 0.1) is 23.5 Å². The van der Waals surface area contributed by atoms with Crippen molar-refractivity contribution in [2.24, 2.45) is 0 Å². The average Bonchev–Trinajstić information content (AvgIpc) is 3.15. The molecule has 6 heteroatoms. The number of rotatable bonds is 10. The normalized spacial score (nSPS) is 10.9. The van der Waals surface area contributed by atoms with Crippen molar-refractivity contribution in [2.75, 3.05) is 24.2 Å². The number of carbonyl (C=O) groups is 1. The van der Waals surface area contributed by atoms with Crippen LogP contribution in [0.15, 0.2) is 72.8 Å². The van der Waals surface area contributed by atoms with Gasteiger partial charge < -0.3 is 25.7 Å². The molecule has 0 unspecified atom stereocenters. The summed E-state index contributed by atoms with van der Waals surface area (Å²) in [5.41, 5.74) is 12.4. The number of hydrogen-bond donors (Lipinski definition) is 3. The number of carbonyl (C=O) groups excluding carboxylic acids is 1. The smallest absolute Gasteiger partial charge is 0.319 e. The molecule has 0 atom stereocenters. The summed E-state index contributed by atoms with van der Waals surface area (Å²) in [6.07, 6.45) is 2.93. The zero-order valence-corrected chi connectivity index (χ0v) is 20.5. The standard InChI is InChI=1S/C29H34N4O2/c1-3-5-19-33-26-20-24(35-4-2)15-16-25(26)27(30)28(33)22-11-13-23(14-12-22)32-29(34)31-18-17-21-9-7-6-8-10-21/h6-16,20H,3-5,17-19,30H2,1-2H3,(H2,31,32,34). The molecule has 6 nitrogen and oxygen atoms in total. The minimum Gasteiger partial charge on any atom is -0.494 e. The van der Waals surface area contributed by atoms with Gasteiger partial charge in [-0.15, -0.1) is 0 Å². The van der Waals surface area contributed by atoms with Crippen LogP contribution in [0.3, 0.4) is 0 Å². The number of hydrogen-bond acceptors (Lipinski definition) is 3. The molecular weight excluding hydrogens is 436 g/mol. The van der Waals surface area contributed by atoms with Gasteiger partial charge in [-0.3, -0.25) is 0 Å². The number of aromatic nitrogens is 1. The van der Waals surface area contributed by atoms with Crippen molar-refractivity contribution < 1.29 is 9.53 Å². The Hall–Kier alpha value is -3.93. The fourth-order valence-corrected chi connectivity index (χ4v) is 4.32. The minimum atomic E-state index is -0.214. The first-order chi connectivity index (χ1) is 17.1. The Morgan fingerprint density at radius 1 is 1.00 bits per heavy atom. The molecule has 3 aromatic carbocycles. The predicted molar refractivity (Wildman–Crippen MR) is 145 cm³/mol. The molecule has 0 bridgehead atoms. The van der Waals surface area contributed by atoms with Crippen molar-refractivity contribution in [1.82, 2.24) is 9.88 Å². The van der Waals surface area contributed by atoms with Crippen LogP contribution in [0, 0.1) is 0 Å². The van der Waals surface area contributed by atoms with Crippen LogP contribution in [0.4, 0.5) is 16.2 Å². The fourth-order valence-electron chi connectivity index (χ4n) is 4.32. The molecule has 4 rings (SSSR count). The number of benzene rings is 3. The van der Waals surface area contributed by atoms with Gasteiger partial charge in [0.15, 0.2) is 0 Å². The van der Waals surface area contributed by atoms with E-state index in [2.05, 4.69) is 40.3 Å². The topological polar surface area (TPSA) is 81.3 Å². The largest absolute Gasteiger partial charge is 0.494 e. The third-order valence-corrected chi connectivity index (χ3v) is 6.08. The van der Waals surface area contributed by atoms with Crippen LogP contribution in [0.1, 0.15) is 32.3 Å². The second-order valence-electron chi connectivity index (χ2n) is 8.57. The summed E-state index contributed by atoms with van der Waals surface area (Å²) in [5, 5.41) is 6.86. The van der Waals surface area contributed by atoms with Gasteiger partial charge in [-0.2, -0.15) is 0 Å². The summed E-state index contributed by atoms with van der Waals surface area (Å²) in [4.78, 5) is 12.3. The highest BCUT2D eigenvalue weighted by molar-refractivity contribution is 6.01. The highest BCUT2D eigenvalue weighted by Gasteiger charge is 2.17. The molecule has 35 heavy (non-hydrogen) atoms. The summed E-state index contributed by atoms with van der Waals surface area (Å²) in [6.45, 7) is 6.24. The van der Waals surface area contributed by atoms with Gasteiger partial charge in [0.2, 0.25) is 0 Å². The molecule has 0 fully saturated rings. The Bertz CT molecular complexity index is 1260. The number of nitrogen functional groups attached to an aromatic ring is 1. The molecule has 0 aliphatic heterocycles. The van der Waals surface area contributed by atoms with Crippen molar-refractivity contribution in [3.63, 3.8) is 0 Å². The van der Waals surface area contributed by atoms with E-state index in [4.69, 9.17) is 10.5 Å². The Kier molecular flexibility index (Phi) is 7.93. The lowest BCUT2D eigenvalue weighted by atomic mass is 10.1. The van der Waals surface area contributed by atoms with E-state index < -0.39 is 0 Å². The van der Waals surface area contributed by atoms with E-state index in [0.717, 1.165) is 65.1 Å². The van der Waals surface area contributed by atoms with E-state index in [0.29, 0.717) is 13.2 Å². The van der Waals surface area contributed by atoms with Gasteiger partial charge in [0, 0.05) is 35.8 Å². The molecule has 1 aromatic heterocycles. The number of unbranched alkanes of at least 4 members (excludes halogenated alkanes) is 1. The average molecular weight is 471 g/mol. The summed E-state index contributed by atoms with van der Waals surface area (Å²) in [5.74, 6) is 0.847. The maximum Gasteiger partial charge on any atom is 0.319 e. The van der Waals surface area contributed by atoms with E-state index in [1.165, 1.54) is 5.56 Å². The minimum absolute atomic E-state index is 0.214. The fraction of sp³-hybridized carbons (Fsp3) is 0.276. The van der Waals surface area contributed by atoms with Crippen molar-refractivity contribution >= 4 is 28.3 Å². The van der Waals surface area contributed by atoms with Crippen molar-refractivity contribution in [3.8, 4) is 17.0 Å². The van der Waals surface area contributed by atoms with Crippen molar-refractivity contribution in [3.05, 3.63) is 78.4 Å². The van der Waals surface area contributed by atoms with Gasteiger partial charge in [0.25, 0.3) is 0 Å². The highest BCUT2D eigenvalue weighted by Crippen LogP contribution is 2.38. The number of nitrogens with two attached hydrogens (primary N) is 1. The molecule has 1 heterocycles. The van der Waals surface area contributed by atoms with E-state index in [1.807, 2.05) is 61.5 Å². The molecule has 2 amide bonds. The Morgan fingerprint density at radius 2 is 1.77 bits per heavy atom. The highest BCUT2D eigenvalue weighted by atomic mass is 16.5. The van der Waals surface area contributed by atoms with Gasteiger partial charge in [-0.1, -0.05) is 55.8 Å². The van der Waals surface area contributed by atoms with Crippen LogP contribution < -0.4 is 21.1 Å². The molecule has 0 aliphatic rings. The number of ether oxygens (including phenoxy) is 1. The lowest BCUT2D eigenvalue weighted by Crippen LogP contribution is -2.30. The second-order valence-corrected chi connectivity index (χ2v) is 8.57. The monoisotopic (exact) mass is 470 g/mol. The molecular formula is C29H34N4O2. The third kappa shape index (κ3) is 5.77. The molecule has 0 spiro atoms. The number of fused-ring (bicyclic) bond motifs is 1. The number of urea groups is 1. The summed E-state index contributed by atoms with van der Waals surface area (Å²) in [6, 6.07) is 23.8. The van der Waals surface area contributed by atoms with Crippen LogP contribution in [0.25, 0.3) is 22.2 Å². The Labute approximate surface area is 207 Å². The van der Waals surface area contributed by atoms with Crippen molar-refractivity contribution in [2.45, 2.75) is 39.7 Å². The zero-order chi connectivity index (χ0) is 24.6. The van der Waals surface area contributed by atoms with E-state index in [-0.39, 0.29) is 6.03 Å².